The summed E-state index contributed by atoms with van der Waals surface area (Å²) in [6.07, 6.45) is 0.327. The molecule has 0 bridgehead atoms. The molecule has 1 unspecified atom stereocenters. The van der Waals surface area contributed by atoms with Crippen LogP contribution in [-0.4, -0.2) is 22.6 Å². The molecule has 31 heavy (non-hydrogen) atoms. The van der Waals surface area contributed by atoms with Gasteiger partial charge in [-0.25, -0.2) is 4.98 Å². The van der Waals surface area contributed by atoms with Crippen LogP contribution in [-0.2, 0) is 17.8 Å². The van der Waals surface area contributed by atoms with Crippen LogP contribution in [0.3, 0.4) is 0 Å². The van der Waals surface area contributed by atoms with Crippen LogP contribution in [0.15, 0.2) is 72.8 Å². The van der Waals surface area contributed by atoms with Gasteiger partial charge in [-0.1, -0.05) is 54.1 Å². The van der Waals surface area contributed by atoms with Gasteiger partial charge in [-0.05, 0) is 42.3 Å². The molecule has 0 saturated carbocycles. The van der Waals surface area contributed by atoms with Crippen LogP contribution >= 0.6 is 11.6 Å². The van der Waals surface area contributed by atoms with Gasteiger partial charge in [-0.15, -0.1) is 0 Å². The van der Waals surface area contributed by atoms with E-state index in [0.717, 1.165) is 33.7 Å². The fourth-order valence-corrected chi connectivity index (χ4v) is 3.91. The summed E-state index contributed by atoms with van der Waals surface area (Å²) in [5, 5.41) is 3.78. The summed E-state index contributed by atoms with van der Waals surface area (Å²) in [5.74, 6) is 1.49. The van der Waals surface area contributed by atoms with E-state index >= 15 is 0 Å². The van der Waals surface area contributed by atoms with E-state index in [1.54, 1.807) is 7.11 Å². The minimum Gasteiger partial charge on any atom is -0.497 e. The number of amides is 1. The lowest BCUT2D eigenvalue weighted by Gasteiger charge is -2.17. The van der Waals surface area contributed by atoms with Gasteiger partial charge in [-0.3, -0.25) is 4.79 Å². The van der Waals surface area contributed by atoms with E-state index in [0.29, 0.717) is 18.0 Å². The Morgan fingerprint density at radius 3 is 2.58 bits per heavy atom. The van der Waals surface area contributed by atoms with Gasteiger partial charge < -0.3 is 14.6 Å². The Morgan fingerprint density at radius 2 is 1.84 bits per heavy atom. The molecule has 0 radical (unpaired) electrons. The maximum Gasteiger partial charge on any atom is 0.224 e. The fraction of sp³-hybridized carbons (Fsp3) is 0.200. The molecule has 0 aliphatic carbocycles. The average Bonchev–Trinajstić information content (AvgIpc) is 3.12. The van der Waals surface area contributed by atoms with Crippen molar-refractivity contribution < 1.29 is 9.53 Å². The number of carbonyl (C=O) groups excluding carboxylic acids is 1. The van der Waals surface area contributed by atoms with Crippen molar-refractivity contribution in [2.24, 2.45) is 0 Å². The van der Waals surface area contributed by atoms with Crippen LogP contribution in [0.5, 0.6) is 5.75 Å². The van der Waals surface area contributed by atoms with E-state index in [9.17, 15) is 4.79 Å². The number of methoxy groups -OCH3 is 1. The summed E-state index contributed by atoms with van der Waals surface area (Å²) in [5.41, 5.74) is 3.82. The number of halogens is 1. The van der Waals surface area contributed by atoms with Crippen LogP contribution in [0.4, 0.5) is 0 Å². The number of carbonyl (C=O) groups is 1. The minimum absolute atomic E-state index is 0.0438. The number of imidazole rings is 1. The van der Waals surface area contributed by atoms with E-state index in [4.69, 9.17) is 21.3 Å². The van der Waals surface area contributed by atoms with Crippen LogP contribution in [0.25, 0.3) is 11.0 Å². The van der Waals surface area contributed by atoms with Crippen LogP contribution in [0.1, 0.15) is 29.9 Å². The molecular weight excluding hydrogens is 410 g/mol. The summed E-state index contributed by atoms with van der Waals surface area (Å²) in [6.45, 7) is 2.54. The molecule has 4 aromatic rings. The van der Waals surface area contributed by atoms with Gasteiger partial charge in [0.1, 0.15) is 11.6 Å². The Labute approximate surface area is 186 Å². The highest BCUT2D eigenvalue weighted by Gasteiger charge is 2.19. The molecule has 1 atom stereocenters. The zero-order valence-corrected chi connectivity index (χ0v) is 18.3. The summed E-state index contributed by atoms with van der Waals surface area (Å²) >= 11 is 6.20. The standard InChI is InChI=1S/C25H24ClN3O2/c1-17(27-24(30)14-18-7-4-3-5-8-18)25-28-22-12-11-21(31-2)15-23(22)29(25)16-19-9-6-10-20(26)13-19/h3-13,15,17H,14,16H2,1-2H3,(H,27,30). The number of benzene rings is 3. The Morgan fingerprint density at radius 1 is 1.06 bits per heavy atom. The van der Waals surface area contributed by atoms with E-state index in [-0.39, 0.29) is 11.9 Å². The Hall–Kier alpha value is -3.31. The maximum absolute atomic E-state index is 12.6. The van der Waals surface area contributed by atoms with Crippen molar-refractivity contribution in [1.29, 1.82) is 0 Å². The van der Waals surface area contributed by atoms with Crippen LogP contribution in [0, 0.1) is 0 Å². The van der Waals surface area contributed by atoms with Gasteiger partial charge in [-0.2, -0.15) is 0 Å². The highest BCUT2D eigenvalue weighted by Crippen LogP contribution is 2.26. The third kappa shape index (κ3) is 4.89. The number of nitrogens with one attached hydrogen (secondary N) is 1. The molecule has 4 rings (SSSR count). The van der Waals surface area contributed by atoms with E-state index in [1.807, 2.05) is 79.7 Å². The Kier molecular flexibility index (Phi) is 6.23. The molecule has 0 spiro atoms. The van der Waals surface area contributed by atoms with Crippen molar-refractivity contribution in [3.63, 3.8) is 0 Å². The zero-order valence-electron chi connectivity index (χ0n) is 17.5. The average molecular weight is 434 g/mol. The predicted octanol–water partition coefficient (Wildman–Crippen LogP) is 5.17. The highest BCUT2D eigenvalue weighted by molar-refractivity contribution is 6.30. The van der Waals surface area contributed by atoms with Crippen molar-refractivity contribution in [2.75, 3.05) is 7.11 Å². The van der Waals surface area contributed by atoms with Gasteiger partial charge in [0.05, 0.1) is 30.6 Å². The van der Waals surface area contributed by atoms with Crippen molar-refractivity contribution in [3.8, 4) is 5.75 Å². The number of hydrogen-bond acceptors (Lipinski definition) is 3. The van der Waals surface area contributed by atoms with Gasteiger partial charge in [0.15, 0.2) is 0 Å². The monoisotopic (exact) mass is 433 g/mol. The quantitative estimate of drug-likeness (QED) is 0.437. The van der Waals surface area contributed by atoms with E-state index in [2.05, 4.69) is 9.88 Å². The van der Waals surface area contributed by atoms with Gasteiger partial charge in [0.25, 0.3) is 0 Å². The van der Waals surface area contributed by atoms with Crippen molar-refractivity contribution in [1.82, 2.24) is 14.9 Å². The molecule has 1 aromatic heterocycles. The second-order valence-corrected chi connectivity index (χ2v) is 7.93. The first-order chi connectivity index (χ1) is 15.0. The third-order valence-electron chi connectivity index (χ3n) is 5.19. The van der Waals surface area contributed by atoms with E-state index < -0.39 is 0 Å². The molecule has 0 fully saturated rings. The van der Waals surface area contributed by atoms with Crippen LogP contribution < -0.4 is 10.1 Å². The molecular formula is C25H24ClN3O2. The van der Waals surface area contributed by atoms with Crippen LogP contribution in [0.2, 0.25) is 5.02 Å². The topological polar surface area (TPSA) is 56.1 Å². The Bertz CT molecular complexity index is 1200. The van der Waals surface area contributed by atoms with Crippen molar-refractivity contribution in [3.05, 3.63) is 94.8 Å². The first kappa shape index (κ1) is 20.9. The molecule has 3 aromatic carbocycles. The van der Waals surface area contributed by atoms with Gasteiger partial charge in [0.2, 0.25) is 5.91 Å². The minimum atomic E-state index is -0.270. The number of ether oxygens (including phenoxy) is 1. The number of rotatable bonds is 7. The maximum atomic E-state index is 12.6. The molecule has 158 valence electrons. The smallest absolute Gasteiger partial charge is 0.224 e. The molecule has 0 aliphatic heterocycles. The molecule has 6 heteroatoms. The number of aromatic nitrogens is 2. The first-order valence-electron chi connectivity index (χ1n) is 10.2. The second kappa shape index (κ2) is 9.23. The van der Waals surface area contributed by atoms with Crippen molar-refractivity contribution >= 4 is 28.5 Å². The highest BCUT2D eigenvalue weighted by atomic mass is 35.5. The summed E-state index contributed by atoms with van der Waals surface area (Å²) in [6, 6.07) is 23.0. The number of hydrogen-bond donors (Lipinski definition) is 1. The zero-order chi connectivity index (χ0) is 21.8. The molecule has 0 saturated heterocycles. The SMILES string of the molecule is COc1ccc2nc(C(C)NC(=O)Cc3ccccc3)n(Cc3cccc(Cl)c3)c2c1. The van der Waals surface area contributed by atoms with Crippen molar-refractivity contribution in [2.45, 2.75) is 25.9 Å². The lowest BCUT2D eigenvalue weighted by molar-refractivity contribution is -0.121. The normalized spacial score (nSPS) is 12.0. The lowest BCUT2D eigenvalue weighted by Crippen LogP contribution is -2.30. The molecule has 5 nitrogen and oxygen atoms in total. The number of fused-ring (bicyclic) bond motifs is 1. The fourth-order valence-electron chi connectivity index (χ4n) is 3.70. The van der Waals surface area contributed by atoms with E-state index in [1.165, 1.54) is 0 Å². The predicted molar refractivity (Wildman–Crippen MR) is 124 cm³/mol. The summed E-state index contributed by atoms with van der Waals surface area (Å²) < 4.78 is 7.52. The Balaban J connectivity index is 1.66. The summed E-state index contributed by atoms with van der Waals surface area (Å²) in [4.78, 5) is 17.5. The first-order valence-corrected chi connectivity index (χ1v) is 10.5. The molecule has 1 N–H and O–H groups in total. The van der Waals surface area contributed by atoms with Gasteiger partial charge >= 0.3 is 0 Å². The largest absolute Gasteiger partial charge is 0.497 e. The van der Waals surface area contributed by atoms with Gasteiger partial charge in [0, 0.05) is 17.6 Å². The molecule has 1 amide bonds. The summed E-state index contributed by atoms with van der Waals surface area (Å²) in [7, 11) is 1.65. The lowest BCUT2D eigenvalue weighted by atomic mass is 10.1. The molecule has 0 aliphatic rings. The molecule has 1 heterocycles. The second-order valence-electron chi connectivity index (χ2n) is 7.49. The number of nitrogens with zero attached hydrogens (tertiary/aromatic N) is 2. The third-order valence-corrected chi connectivity index (χ3v) is 5.42.